The molecule has 0 radical (unpaired) electrons. The predicted octanol–water partition coefficient (Wildman–Crippen LogP) is 2.92. The van der Waals surface area contributed by atoms with Gasteiger partial charge in [0, 0.05) is 19.8 Å². The molecule has 0 atom stereocenters. The third-order valence-electron chi connectivity index (χ3n) is 3.09. The lowest BCUT2D eigenvalue weighted by molar-refractivity contribution is 0.898. The summed E-state index contributed by atoms with van der Waals surface area (Å²) in [5.74, 6) is 0.843. The summed E-state index contributed by atoms with van der Waals surface area (Å²) in [6, 6.07) is 10.4. The van der Waals surface area contributed by atoms with Crippen LogP contribution in [-0.2, 0) is 6.54 Å². The van der Waals surface area contributed by atoms with Crippen molar-refractivity contribution in [2.24, 2.45) is 0 Å². The van der Waals surface area contributed by atoms with Gasteiger partial charge in [0.2, 0.25) is 0 Å². The Morgan fingerprint density at radius 2 is 1.78 bits per heavy atom. The fourth-order valence-corrected chi connectivity index (χ4v) is 1.90. The highest BCUT2D eigenvalue weighted by molar-refractivity contribution is 5.66. The van der Waals surface area contributed by atoms with Crippen molar-refractivity contribution < 1.29 is 0 Å². The summed E-state index contributed by atoms with van der Waals surface area (Å²) >= 11 is 0. The fraction of sp³-hybridized carbons (Fsp3) is 0.267. The first-order chi connectivity index (χ1) is 8.58. The van der Waals surface area contributed by atoms with E-state index in [0.29, 0.717) is 0 Å². The Hall–Kier alpha value is -2.03. The van der Waals surface area contributed by atoms with Crippen LogP contribution in [0.25, 0.3) is 0 Å². The van der Waals surface area contributed by atoms with Crippen LogP contribution in [-0.4, -0.2) is 12.0 Å². The van der Waals surface area contributed by atoms with Crippen molar-refractivity contribution in [3.05, 3.63) is 53.2 Å². The zero-order valence-electron chi connectivity index (χ0n) is 11.1. The predicted molar refractivity (Wildman–Crippen MR) is 76.7 cm³/mol. The SMILES string of the molecule is Cc1ccc(CN(C)c2nccc(C)c2N)cc1. The molecule has 1 aromatic heterocycles. The molecule has 0 aliphatic carbocycles. The van der Waals surface area contributed by atoms with E-state index in [2.05, 4.69) is 41.1 Å². The summed E-state index contributed by atoms with van der Waals surface area (Å²) in [5.41, 5.74) is 10.4. The molecule has 2 aromatic rings. The molecule has 0 amide bonds. The molecule has 3 heteroatoms. The molecule has 0 bridgehead atoms. The Morgan fingerprint density at radius 1 is 1.11 bits per heavy atom. The van der Waals surface area contributed by atoms with Crippen molar-refractivity contribution >= 4 is 11.5 Å². The maximum atomic E-state index is 6.06. The molecule has 0 unspecified atom stereocenters. The molecule has 0 saturated carbocycles. The normalized spacial score (nSPS) is 10.4. The lowest BCUT2D eigenvalue weighted by Crippen LogP contribution is -2.19. The molecule has 2 rings (SSSR count). The molecule has 0 fully saturated rings. The number of hydrogen-bond acceptors (Lipinski definition) is 3. The van der Waals surface area contributed by atoms with E-state index in [0.717, 1.165) is 23.6 Å². The molecule has 0 spiro atoms. The van der Waals surface area contributed by atoms with Crippen LogP contribution in [0.5, 0.6) is 0 Å². The maximum Gasteiger partial charge on any atom is 0.152 e. The van der Waals surface area contributed by atoms with E-state index in [-0.39, 0.29) is 0 Å². The average molecular weight is 241 g/mol. The van der Waals surface area contributed by atoms with Gasteiger partial charge in [0.15, 0.2) is 5.82 Å². The third kappa shape index (κ3) is 2.62. The van der Waals surface area contributed by atoms with Gasteiger partial charge in [-0.2, -0.15) is 0 Å². The minimum Gasteiger partial charge on any atom is -0.396 e. The Labute approximate surface area is 108 Å². The summed E-state index contributed by atoms with van der Waals surface area (Å²) in [6.45, 7) is 4.90. The van der Waals surface area contributed by atoms with Crippen molar-refractivity contribution in [2.45, 2.75) is 20.4 Å². The number of nitrogens with two attached hydrogens (primary N) is 1. The molecular weight excluding hydrogens is 222 g/mol. The topological polar surface area (TPSA) is 42.2 Å². The van der Waals surface area contributed by atoms with E-state index in [1.807, 2.05) is 20.0 Å². The number of pyridine rings is 1. The largest absolute Gasteiger partial charge is 0.396 e. The molecular formula is C15H19N3. The lowest BCUT2D eigenvalue weighted by Gasteiger charge is -2.20. The fourth-order valence-electron chi connectivity index (χ4n) is 1.90. The van der Waals surface area contributed by atoms with Gasteiger partial charge >= 0.3 is 0 Å². The van der Waals surface area contributed by atoms with E-state index in [1.54, 1.807) is 6.20 Å². The van der Waals surface area contributed by atoms with Gasteiger partial charge in [-0.15, -0.1) is 0 Å². The molecule has 94 valence electrons. The minimum atomic E-state index is 0.757. The van der Waals surface area contributed by atoms with Gasteiger partial charge in [-0.3, -0.25) is 0 Å². The van der Waals surface area contributed by atoms with Crippen LogP contribution in [0.1, 0.15) is 16.7 Å². The second-order valence-corrected chi connectivity index (χ2v) is 4.71. The monoisotopic (exact) mass is 241 g/mol. The second-order valence-electron chi connectivity index (χ2n) is 4.71. The first-order valence-electron chi connectivity index (χ1n) is 6.05. The minimum absolute atomic E-state index is 0.757. The number of nitrogen functional groups attached to an aromatic ring is 1. The molecule has 0 aliphatic rings. The van der Waals surface area contributed by atoms with E-state index >= 15 is 0 Å². The molecule has 0 saturated heterocycles. The van der Waals surface area contributed by atoms with Gasteiger partial charge in [-0.05, 0) is 31.0 Å². The summed E-state index contributed by atoms with van der Waals surface area (Å²) < 4.78 is 0. The van der Waals surface area contributed by atoms with E-state index < -0.39 is 0 Å². The van der Waals surface area contributed by atoms with Gasteiger partial charge < -0.3 is 10.6 Å². The highest BCUT2D eigenvalue weighted by Gasteiger charge is 2.08. The summed E-state index contributed by atoms with van der Waals surface area (Å²) in [6.07, 6.45) is 1.80. The summed E-state index contributed by atoms with van der Waals surface area (Å²) in [5, 5.41) is 0. The molecule has 1 heterocycles. The zero-order chi connectivity index (χ0) is 13.1. The maximum absolute atomic E-state index is 6.06. The highest BCUT2D eigenvalue weighted by atomic mass is 15.2. The number of aromatic nitrogens is 1. The first-order valence-corrected chi connectivity index (χ1v) is 6.05. The Balaban J connectivity index is 2.19. The van der Waals surface area contributed by atoms with Crippen LogP contribution >= 0.6 is 0 Å². The molecule has 18 heavy (non-hydrogen) atoms. The highest BCUT2D eigenvalue weighted by Crippen LogP contribution is 2.23. The molecule has 1 aromatic carbocycles. The number of aryl methyl sites for hydroxylation is 2. The zero-order valence-corrected chi connectivity index (χ0v) is 11.1. The first kappa shape index (κ1) is 12.4. The van der Waals surface area contributed by atoms with Crippen LogP contribution in [0.2, 0.25) is 0 Å². The van der Waals surface area contributed by atoms with Gasteiger partial charge in [0.05, 0.1) is 5.69 Å². The molecule has 3 nitrogen and oxygen atoms in total. The lowest BCUT2D eigenvalue weighted by atomic mass is 10.1. The number of benzene rings is 1. The Morgan fingerprint density at radius 3 is 2.44 bits per heavy atom. The Bertz CT molecular complexity index is 532. The number of nitrogens with zero attached hydrogens (tertiary/aromatic N) is 2. The smallest absolute Gasteiger partial charge is 0.152 e. The Kier molecular flexibility index (Phi) is 3.51. The van der Waals surface area contributed by atoms with Crippen molar-refractivity contribution in [1.82, 2.24) is 4.98 Å². The van der Waals surface area contributed by atoms with E-state index in [4.69, 9.17) is 5.73 Å². The van der Waals surface area contributed by atoms with Crippen molar-refractivity contribution in [3.63, 3.8) is 0 Å². The van der Waals surface area contributed by atoms with Crippen LogP contribution in [0.15, 0.2) is 36.5 Å². The summed E-state index contributed by atoms with van der Waals surface area (Å²) in [7, 11) is 2.01. The standard InChI is InChI=1S/C15H19N3/c1-11-4-6-13(7-5-11)10-18(3)15-14(16)12(2)8-9-17-15/h4-9H,10,16H2,1-3H3. The number of rotatable bonds is 3. The van der Waals surface area contributed by atoms with E-state index in [9.17, 15) is 0 Å². The van der Waals surface area contributed by atoms with Crippen molar-refractivity contribution in [1.29, 1.82) is 0 Å². The van der Waals surface area contributed by atoms with Crippen molar-refractivity contribution in [3.8, 4) is 0 Å². The van der Waals surface area contributed by atoms with Gasteiger partial charge in [0.1, 0.15) is 0 Å². The quantitative estimate of drug-likeness (QED) is 0.898. The van der Waals surface area contributed by atoms with E-state index in [1.165, 1.54) is 11.1 Å². The number of hydrogen-bond donors (Lipinski definition) is 1. The van der Waals surface area contributed by atoms with Gasteiger partial charge in [-0.25, -0.2) is 4.98 Å². The third-order valence-corrected chi connectivity index (χ3v) is 3.09. The van der Waals surface area contributed by atoms with Crippen LogP contribution < -0.4 is 10.6 Å². The van der Waals surface area contributed by atoms with Crippen LogP contribution in [0, 0.1) is 13.8 Å². The van der Waals surface area contributed by atoms with Crippen LogP contribution in [0.4, 0.5) is 11.5 Å². The average Bonchev–Trinajstić information content (AvgIpc) is 2.35. The molecule has 2 N–H and O–H groups in total. The summed E-state index contributed by atoms with van der Waals surface area (Å²) in [4.78, 5) is 6.43. The van der Waals surface area contributed by atoms with Gasteiger partial charge in [-0.1, -0.05) is 29.8 Å². The number of anilines is 2. The molecule has 0 aliphatic heterocycles. The van der Waals surface area contributed by atoms with Gasteiger partial charge in [0.25, 0.3) is 0 Å². The van der Waals surface area contributed by atoms with Crippen molar-refractivity contribution in [2.75, 3.05) is 17.7 Å². The second kappa shape index (κ2) is 5.08. The van der Waals surface area contributed by atoms with Crippen LogP contribution in [0.3, 0.4) is 0 Å².